The molecule has 4 unspecified atom stereocenters. The molecule has 188 valence electrons. The van der Waals surface area contributed by atoms with Gasteiger partial charge in [-0.05, 0) is 51.0 Å². The van der Waals surface area contributed by atoms with Crippen molar-refractivity contribution in [3.05, 3.63) is 0 Å². The summed E-state index contributed by atoms with van der Waals surface area (Å²) < 4.78 is 0. The van der Waals surface area contributed by atoms with Crippen molar-refractivity contribution in [2.24, 2.45) is 17.4 Å². The van der Waals surface area contributed by atoms with Crippen LogP contribution in [0, 0.1) is 5.92 Å². The second-order valence-corrected chi connectivity index (χ2v) is 8.77. The van der Waals surface area contributed by atoms with Crippen LogP contribution in [0.4, 0.5) is 0 Å². The molecule has 1 aliphatic heterocycles. The lowest BCUT2D eigenvalue weighted by molar-refractivity contribution is -0.145. The van der Waals surface area contributed by atoms with Crippen molar-refractivity contribution in [3.63, 3.8) is 0 Å². The summed E-state index contributed by atoms with van der Waals surface area (Å²) in [5.41, 5.74) is 11.1. The Morgan fingerprint density at radius 3 is 2.27 bits per heavy atom. The van der Waals surface area contributed by atoms with E-state index >= 15 is 0 Å². The lowest BCUT2D eigenvalue weighted by atomic mass is 10.0. The SMILES string of the molecule is CC(C)CC(NC(=O)C(N)CC(=O)O)C(=O)N1CCCC1C(=O)NC(CCCCN)C(=O)O. The minimum absolute atomic E-state index is 0.0174. The Hall–Kier alpha value is -2.73. The number of rotatable bonds is 14. The third kappa shape index (κ3) is 9.34. The third-order valence-electron chi connectivity index (χ3n) is 5.45. The normalized spacial score (nSPS) is 18.5. The third-order valence-corrected chi connectivity index (χ3v) is 5.45. The topological polar surface area (TPSA) is 205 Å². The highest BCUT2D eigenvalue weighted by Gasteiger charge is 2.39. The number of nitrogens with one attached hydrogen (secondary N) is 2. The van der Waals surface area contributed by atoms with Gasteiger partial charge in [0.1, 0.15) is 18.1 Å². The standard InChI is InChI=1S/C21H37N5O7/c1-12(2)10-15(25-18(29)13(23)11-17(27)28)20(31)26-9-5-7-16(26)19(30)24-14(21(32)33)6-3-4-8-22/h12-16H,3-11,22-23H2,1-2H3,(H,24,30)(H,25,29)(H,27,28)(H,32,33). The Morgan fingerprint density at radius 1 is 1.06 bits per heavy atom. The van der Waals surface area contributed by atoms with Gasteiger partial charge >= 0.3 is 11.9 Å². The van der Waals surface area contributed by atoms with Crippen molar-refractivity contribution in [3.8, 4) is 0 Å². The van der Waals surface area contributed by atoms with E-state index in [1.807, 2.05) is 13.8 Å². The number of carbonyl (C=O) groups excluding carboxylic acids is 3. The van der Waals surface area contributed by atoms with Gasteiger partial charge in [-0.1, -0.05) is 13.8 Å². The van der Waals surface area contributed by atoms with E-state index in [9.17, 15) is 29.1 Å². The molecule has 0 aromatic heterocycles. The molecule has 0 bridgehead atoms. The molecule has 1 fully saturated rings. The first-order valence-corrected chi connectivity index (χ1v) is 11.3. The molecular formula is C21H37N5O7. The molecule has 0 aromatic rings. The van der Waals surface area contributed by atoms with Crippen LogP contribution in [0.25, 0.3) is 0 Å². The summed E-state index contributed by atoms with van der Waals surface area (Å²) in [6.45, 7) is 4.42. The summed E-state index contributed by atoms with van der Waals surface area (Å²) in [5.74, 6) is -4.18. The number of carboxylic acids is 2. The van der Waals surface area contributed by atoms with Crippen LogP contribution in [-0.4, -0.2) is 82.0 Å². The molecule has 1 saturated heterocycles. The summed E-state index contributed by atoms with van der Waals surface area (Å²) in [4.78, 5) is 62.1. The molecule has 1 rings (SSSR count). The van der Waals surface area contributed by atoms with Gasteiger partial charge in [-0.3, -0.25) is 19.2 Å². The van der Waals surface area contributed by atoms with Crippen LogP contribution in [0.15, 0.2) is 0 Å². The van der Waals surface area contributed by atoms with E-state index in [-0.39, 0.29) is 25.3 Å². The predicted molar refractivity (Wildman–Crippen MR) is 119 cm³/mol. The van der Waals surface area contributed by atoms with Gasteiger partial charge in [0.15, 0.2) is 0 Å². The number of carbonyl (C=O) groups is 5. The summed E-state index contributed by atoms with van der Waals surface area (Å²) in [5, 5.41) is 23.3. The maximum atomic E-state index is 13.3. The molecule has 0 saturated carbocycles. The zero-order valence-corrected chi connectivity index (χ0v) is 19.3. The Bertz CT molecular complexity index is 715. The van der Waals surface area contributed by atoms with Crippen molar-refractivity contribution >= 4 is 29.7 Å². The number of nitrogens with zero attached hydrogens (tertiary/aromatic N) is 1. The minimum Gasteiger partial charge on any atom is -0.481 e. The van der Waals surface area contributed by atoms with Crippen LogP contribution in [0.2, 0.25) is 0 Å². The molecule has 1 heterocycles. The van der Waals surface area contributed by atoms with Gasteiger partial charge in [-0.25, -0.2) is 4.79 Å². The number of hydrogen-bond acceptors (Lipinski definition) is 7. The van der Waals surface area contributed by atoms with Gasteiger partial charge in [0, 0.05) is 6.54 Å². The van der Waals surface area contributed by atoms with Crippen LogP contribution >= 0.6 is 0 Å². The number of hydrogen-bond donors (Lipinski definition) is 6. The summed E-state index contributed by atoms with van der Waals surface area (Å²) in [7, 11) is 0. The molecule has 8 N–H and O–H groups in total. The molecule has 3 amide bonds. The maximum absolute atomic E-state index is 13.3. The highest BCUT2D eigenvalue weighted by atomic mass is 16.4. The number of aliphatic carboxylic acids is 2. The first-order valence-electron chi connectivity index (χ1n) is 11.3. The number of likely N-dealkylation sites (tertiary alicyclic amines) is 1. The van der Waals surface area contributed by atoms with E-state index in [4.69, 9.17) is 16.6 Å². The minimum atomic E-state index is -1.31. The zero-order chi connectivity index (χ0) is 25.1. The van der Waals surface area contributed by atoms with Crippen LogP contribution in [0.1, 0.15) is 58.8 Å². The first kappa shape index (κ1) is 28.3. The molecule has 0 aliphatic carbocycles. The lowest BCUT2D eigenvalue weighted by Crippen LogP contribution is -2.57. The first-order chi connectivity index (χ1) is 15.5. The fourth-order valence-corrected chi connectivity index (χ4v) is 3.77. The Kier molecular flexibility index (Phi) is 11.8. The Balaban J connectivity index is 2.91. The van der Waals surface area contributed by atoms with Crippen molar-refractivity contribution in [1.82, 2.24) is 15.5 Å². The van der Waals surface area contributed by atoms with Gasteiger partial charge in [0.2, 0.25) is 17.7 Å². The fourth-order valence-electron chi connectivity index (χ4n) is 3.77. The van der Waals surface area contributed by atoms with Crippen LogP contribution < -0.4 is 22.1 Å². The lowest BCUT2D eigenvalue weighted by Gasteiger charge is -2.30. The molecule has 0 radical (unpaired) electrons. The highest BCUT2D eigenvalue weighted by Crippen LogP contribution is 2.21. The van der Waals surface area contributed by atoms with Crippen molar-refractivity contribution < 1.29 is 34.2 Å². The number of carboxylic acid groups (broad SMARTS) is 2. The molecule has 0 aromatic carbocycles. The van der Waals surface area contributed by atoms with E-state index in [1.54, 1.807) is 0 Å². The van der Waals surface area contributed by atoms with E-state index < -0.39 is 60.2 Å². The molecule has 1 aliphatic rings. The van der Waals surface area contributed by atoms with Gasteiger partial charge in [-0.15, -0.1) is 0 Å². The average Bonchev–Trinajstić information content (AvgIpc) is 3.21. The predicted octanol–water partition coefficient (Wildman–Crippen LogP) is -0.991. The molecule has 33 heavy (non-hydrogen) atoms. The average molecular weight is 472 g/mol. The highest BCUT2D eigenvalue weighted by molar-refractivity contribution is 5.95. The van der Waals surface area contributed by atoms with Crippen molar-refractivity contribution in [2.75, 3.05) is 13.1 Å². The van der Waals surface area contributed by atoms with Crippen LogP contribution in [0.3, 0.4) is 0 Å². The van der Waals surface area contributed by atoms with E-state index in [0.29, 0.717) is 32.2 Å². The maximum Gasteiger partial charge on any atom is 0.326 e. The largest absolute Gasteiger partial charge is 0.481 e. The molecule has 12 heteroatoms. The molecule has 0 spiro atoms. The molecular weight excluding hydrogens is 434 g/mol. The van der Waals surface area contributed by atoms with Crippen LogP contribution in [-0.2, 0) is 24.0 Å². The van der Waals surface area contributed by atoms with Gasteiger partial charge in [0.25, 0.3) is 0 Å². The van der Waals surface area contributed by atoms with E-state index in [1.165, 1.54) is 4.90 Å². The quantitative estimate of drug-likeness (QED) is 0.172. The van der Waals surface area contributed by atoms with Gasteiger partial charge < -0.3 is 37.2 Å². The molecule has 4 atom stereocenters. The second-order valence-electron chi connectivity index (χ2n) is 8.77. The van der Waals surface area contributed by atoms with Gasteiger partial charge in [0.05, 0.1) is 12.5 Å². The summed E-state index contributed by atoms with van der Waals surface area (Å²) in [6.07, 6.45) is 2.01. The van der Waals surface area contributed by atoms with Crippen molar-refractivity contribution in [2.45, 2.75) is 83.0 Å². The number of amides is 3. The van der Waals surface area contributed by atoms with Gasteiger partial charge in [-0.2, -0.15) is 0 Å². The van der Waals surface area contributed by atoms with Crippen LogP contribution in [0.5, 0.6) is 0 Å². The monoisotopic (exact) mass is 471 g/mol. The van der Waals surface area contributed by atoms with E-state index in [0.717, 1.165) is 0 Å². The Labute approximate surface area is 193 Å². The molecule has 12 nitrogen and oxygen atoms in total. The number of unbranched alkanes of at least 4 members (excludes halogenated alkanes) is 1. The van der Waals surface area contributed by atoms with Crippen molar-refractivity contribution in [1.29, 1.82) is 0 Å². The zero-order valence-electron chi connectivity index (χ0n) is 19.3. The summed E-state index contributed by atoms with van der Waals surface area (Å²) >= 11 is 0. The second kappa shape index (κ2) is 13.7. The summed E-state index contributed by atoms with van der Waals surface area (Å²) in [6, 6.07) is -4.23. The fraction of sp³-hybridized carbons (Fsp3) is 0.762. The Morgan fingerprint density at radius 2 is 1.73 bits per heavy atom. The smallest absolute Gasteiger partial charge is 0.326 e. The van der Waals surface area contributed by atoms with E-state index in [2.05, 4.69) is 10.6 Å². The number of nitrogens with two attached hydrogens (primary N) is 2.